The van der Waals surface area contributed by atoms with E-state index in [0.717, 1.165) is 18.2 Å². The number of amides is 1. The van der Waals surface area contributed by atoms with Crippen LogP contribution in [0.1, 0.15) is 28.8 Å². The Balaban J connectivity index is 1.79. The average Bonchev–Trinajstić information content (AvgIpc) is 2.77. The third-order valence-corrected chi connectivity index (χ3v) is 5.95. The Morgan fingerprint density at radius 3 is 2.33 bits per heavy atom. The summed E-state index contributed by atoms with van der Waals surface area (Å²) in [7, 11) is -3.95. The first-order valence-corrected chi connectivity index (χ1v) is 11.1. The van der Waals surface area contributed by atoms with Gasteiger partial charge in [-0.3, -0.25) is 10.2 Å². The number of hydroxylamine groups is 2. The number of halogens is 3. The van der Waals surface area contributed by atoms with Crippen molar-refractivity contribution < 1.29 is 31.2 Å². The minimum Gasteiger partial charge on any atom is -0.369 e. The van der Waals surface area contributed by atoms with Crippen LogP contribution in [0.15, 0.2) is 57.8 Å². The number of sulfonamides is 1. The van der Waals surface area contributed by atoms with E-state index in [0.29, 0.717) is 42.8 Å². The molecule has 0 atom stereocenters. The van der Waals surface area contributed by atoms with Crippen molar-refractivity contribution in [1.29, 1.82) is 5.41 Å². The van der Waals surface area contributed by atoms with Gasteiger partial charge < -0.3 is 15.9 Å². The van der Waals surface area contributed by atoms with Crippen molar-refractivity contribution in [3.05, 3.63) is 59.7 Å². The highest BCUT2D eigenvalue weighted by Gasteiger charge is 2.32. The third kappa shape index (κ3) is 6.08. The molecule has 0 bridgehead atoms. The highest BCUT2D eigenvalue weighted by Crippen LogP contribution is 2.30. The molecule has 1 fully saturated rings. The summed E-state index contributed by atoms with van der Waals surface area (Å²) >= 11 is 0. The van der Waals surface area contributed by atoms with Crippen LogP contribution >= 0.6 is 0 Å². The van der Waals surface area contributed by atoms with Gasteiger partial charge in [0.15, 0.2) is 5.75 Å². The molecule has 0 radical (unpaired) electrons. The number of hydrogen-bond acceptors (Lipinski definition) is 6. The number of piperidine rings is 1. The van der Waals surface area contributed by atoms with Crippen LogP contribution in [-0.2, 0) is 16.2 Å². The third-order valence-electron chi connectivity index (χ3n) is 4.59. The van der Waals surface area contributed by atoms with E-state index in [-0.39, 0.29) is 10.6 Å². The average molecular weight is 483 g/mol. The summed E-state index contributed by atoms with van der Waals surface area (Å²) in [4.78, 5) is 17.7. The maximum absolute atomic E-state index is 12.9. The Kier molecular flexibility index (Phi) is 7.03. The molecule has 1 aliphatic rings. The minimum atomic E-state index is -4.67. The number of rotatable bonds is 5. The molecule has 9 nitrogen and oxygen atoms in total. The molecule has 0 saturated carbocycles. The lowest BCUT2D eigenvalue weighted by atomic mass is 10.1. The van der Waals surface area contributed by atoms with Crippen LogP contribution in [0.4, 0.5) is 13.2 Å². The first-order valence-electron chi connectivity index (χ1n) is 9.64. The fourth-order valence-electron chi connectivity index (χ4n) is 2.95. The molecule has 1 heterocycles. The van der Waals surface area contributed by atoms with E-state index in [9.17, 15) is 26.4 Å². The summed E-state index contributed by atoms with van der Waals surface area (Å²) < 4.78 is 67.6. The van der Waals surface area contributed by atoms with Gasteiger partial charge in [-0.25, -0.2) is 0 Å². The smallest absolute Gasteiger partial charge is 0.369 e. The highest BCUT2D eigenvalue weighted by molar-refractivity contribution is 7.90. The Morgan fingerprint density at radius 2 is 1.76 bits per heavy atom. The van der Waals surface area contributed by atoms with Crippen molar-refractivity contribution >= 4 is 27.6 Å². The Morgan fingerprint density at radius 1 is 1.12 bits per heavy atom. The van der Waals surface area contributed by atoms with E-state index >= 15 is 0 Å². The number of carbonyl (C=O) groups excluding carboxylic acids is 1. The molecule has 0 spiro atoms. The van der Waals surface area contributed by atoms with Crippen LogP contribution in [0.3, 0.4) is 0 Å². The quantitative estimate of drug-likeness (QED) is 0.340. The van der Waals surface area contributed by atoms with E-state index in [4.69, 9.17) is 16.0 Å². The molecule has 3 rings (SSSR count). The van der Waals surface area contributed by atoms with Gasteiger partial charge in [-0.15, -0.1) is 5.06 Å². The molecule has 2 aromatic carbocycles. The largest absolute Gasteiger partial charge is 0.416 e. The monoisotopic (exact) mass is 483 g/mol. The summed E-state index contributed by atoms with van der Waals surface area (Å²) in [6.07, 6.45) is -3.63. The Bertz CT molecular complexity index is 1170. The van der Waals surface area contributed by atoms with Crippen molar-refractivity contribution in [3.63, 3.8) is 0 Å². The summed E-state index contributed by atoms with van der Waals surface area (Å²) in [5, 5.41) is 11.0. The predicted octanol–water partition coefficient (Wildman–Crippen LogP) is 2.55. The number of nitrogens with one attached hydrogen (secondary N) is 2. The van der Waals surface area contributed by atoms with Crippen molar-refractivity contribution in [2.24, 2.45) is 10.1 Å². The number of alkyl halides is 3. The zero-order valence-electron chi connectivity index (χ0n) is 17.1. The van der Waals surface area contributed by atoms with Gasteiger partial charge in [0.1, 0.15) is 0 Å². The molecule has 33 heavy (non-hydrogen) atoms. The topological polar surface area (TPSA) is 138 Å². The van der Waals surface area contributed by atoms with Gasteiger partial charge in [0.05, 0.1) is 10.5 Å². The highest BCUT2D eigenvalue weighted by atomic mass is 32.2. The number of nitrogens with two attached hydrogens (primary N) is 1. The maximum Gasteiger partial charge on any atom is 0.416 e. The lowest BCUT2D eigenvalue weighted by molar-refractivity contribution is -0.137. The zero-order chi connectivity index (χ0) is 24.2. The van der Waals surface area contributed by atoms with Crippen LogP contribution in [-0.4, -0.2) is 44.1 Å². The van der Waals surface area contributed by atoms with Gasteiger partial charge in [-0.05, 0) is 55.3 Å². The molecule has 1 saturated heterocycles. The van der Waals surface area contributed by atoms with Gasteiger partial charge in [0.25, 0.3) is 15.9 Å². The summed E-state index contributed by atoms with van der Waals surface area (Å²) in [6, 6.07) is 8.38. The number of guanidine groups is 1. The first-order chi connectivity index (χ1) is 15.5. The second kappa shape index (κ2) is 9.58. The number of hydrogen-bond donors (Lipinski definition) is 3. The van der Waals surface area contributed by atoms with Gasteiger partial charge in [-0.2, -0.15) is 26.0 Å². The summed E-state index contributed by atoms with van der Waals surface area (Å²) in [5.41, 5.74) is 4.47. The normalized spacial score (nSPS) is 14.5. The molecule has 1 amide bonds. The molecular formula is C20H20F3N5O4S. The molecule has 0 unspecified atom stereocenters. The molecule has 2 aromatic rings. The van der Waals surface area contributed by atoms with E-state index in [1.807, 2.05) is 0 Å². The maximum atomic E-state index is 12.9. The molecule has 0 aliphatic carbocycles. The van der Waals surface area contributed by atoms with E-state index in [2.05, 4.69) is 9.71 Å². The second-order valence-electron chi connectivity index (χ2n) is 7.01. The van der Waals surface area contributed by atoms with E-state index in [1.165, 1.54) is 24.3 Å². The van der Waals surface area contributed by atoms with Crippen LogP contribution < -0.4 is 15.9 Å². The van der Waals surface area contributed by atoms with E-state index in [1.54, 1.807) is 0 Å². The van der Waals surface area contributed by atoms with Crippen molar-refractivity contribution in [2.75, 3.05) is 13.1 Å². The van der Waals surface area contributed by atoms with Crippen molar-refractivity contribution in [2.45, 2.75) is 23.9 Å². The molecular weight excluding hydrogens is 463 g/mol. The van der Waals surface area contributed by atoms with Gasteiger partial charge in [-0.1, -0.05) is 6.07 Å². The Hall–Kier alpha value is -3.45. The lowest BCUT2D eigenvalue weighted by Gasteiger charge is -2.21. The van der Waals surface area contributed by atoms with Gasteiger partial charge >= 0.3 is 6.18 Å². The molecule has 0 aromatic heterocycles. The van der Waals surface area contributed by atoms with Crippen molar-refractivity contribution in [3.8, 4) is 5.75 Å². The summed E-state index contributed by atoms with van der Waals surface area (Å²) in [6.45, 7) is 1.28. The van der Waals surface area contributed by atoms with Gasteiger partial charge in [0, 0.05) is 24.4 Å². The van der Waals surface area contributed by atoms with Crippen LogP contribution in [0, 0.1) is 5.41 Å². The lowest BCUT2D eigenvalue weighted by Crippen LogP contribution is -2.43. The Labute approximate surface area is 187 Å². The van der Waals surface area contributed by atoms with Crippen LogP contribution in [0.25, 0.3) is 0 Å². The number of carbonyl (C=O) groups is 1. The fraction of sp³-hybridized carbons (Fsp3) is 0.250. The zero-order valence-corrected chi connectivity index (χ0v) is 17.9. The van der Waals surface area contributed by atoms with E-state index < -0.39 is 39.2 Å². The molecule has 176 valence electrons. The fourth-order valence-corrected chi connectivity index (χ4v) is 4.06. The standard InChI is InChI=1S/C20H20F3N5O4S/c21-20(22,23)14-3-1-2-13(12-14)18(29)28(19(24)25)32-16-4-6-17(7-5-16)33(30,31)27-15-8-10-26-11-9-15/h1-7,12,26H,8-11H2,(H3,24,25). The van der Waals surface area contributed by atoms with Crippen LogP contribution in [0.5, 0.6) is 5.75 Å². The second-order valence-corrected chi connectivity index (χ2v) is 8.61. The number of nitrogens with zero attached hydrogens (tertiary/aromatic N) is 2. The predicted molar refractivity (Wildman–Crippen MR) is 113 cm³/mol. The van der Waals surface area contributed by atoms with Gasteiger partial charge in [0.2, 0.25) is 5.96 Å². The summed E-state index contributed by atoms with van der Waals surface area (Å²) in [5.74, 6) is -2.06. The van der Waals surface area contributed by atoms with Crippen LogP contribution in [0.2, 0.25) is 0 Å². The first kappa shape index (κ1) is 24.2. The molecule has 1 aliphatic heterocycles. The SMILES string of the molecule is N=C(N)N(Oc1ccc(S(=O)(=O)N=C2CCNCC2)cc1)C(=O)c1cccc(C(F)(F)F)c1. The number of benzene rings is 2. The molecule has 4 N–H and O–H groups in total. The molecule has 13 heteroatoms. The van der Waals surface area contributed by atoms with Crippen molar-refractivity contribution in [1.82, 2.24) is 10.4 Å². The minimum absolute atomic E-state index is 0.0704.